The lowest BCUT2D eigenvalue weighted by molar-refractivity contribution is -0.130. The molecule has 1 unspecified atom stereocenters. The van der Waals surface area contributed by atoms with Gasteiger partial charge in [-0.1, -0.05) is 0 Å². The highest BCUT2D eigenvalue weighted by atomic mass is 32.1. The molecule has 0 aliphatic carbocycles. The molecule has 1 heterocycles. The summed E-state index contributed by atoms with van der Waals surface area (Å²) in [5.41, 5.74) is 5.45. The van der Waals surface area contributed by atoms with Crippen LogP contribution in [0.2, 0.25) is 0 Å². The summed E-state index contributed by atoms with van der Waals surface area (Å²) in [5, 5.41) is 5.32. The van der Waals surface area contributed by atoms with E-state index in [9.17, 15) is 18.0 Å². The van der Waals surface area contributed by atoms with Gasteiger partial charge in [-0.2, -0.15) is 24.5 Å². The Morgan fingerprint density at radius 3 is 2.67 bits per heavy atom. The van der Waals surface area contributed by atoms with Crippen LogP contribution >= 0.6 is 11.3 Å². The van der Waals surface area contributed by atoms with Gasteiger partial charge in [-0.25, -0.2) is 0 Å². The van der Waals surface area contributed by atoms with E-state index in [0.717, 1.165) is 0 Å². The van der Waals surface area contributed by atoms with Crippen molar-refractivity contribution < 1.29 is 18.0 Å². The van der Waals surface area contributed by atoms with Crippen LogP contribution in [-0.2, 0) is 4.79 Å². The monoisotopic (exact) mass is 238 g/mol. The third kappa shape index (κ3) is 3.88. The number of carbonyl (C=O) groups is 1. The van der Waals surface area contributed by atoms with Gasteiger partial charge in [0.2, 0.25) is 5.91 Å². The van der Waals surface area contributed by atoms with Gasteiger partial charge in [0, 0.05) is 0 Å². The first-order valence-electron chi connectivity index (χ1n) is 4.01. The maximum Gasteiger partial charge on any atom is 0.401 e. The Morgan fingerprint density at radius 2 is 2.27 bits per heavy atom. The number of carbonyl (C=O) groups excluding carboxylic acids is 1. The maximum absolute atomic E-state index is 11.9. The first-order valence-corrected chi connectivity index (χ1v) is 4.96. The molecule has 1 rings (SSSR count). The average Bonchev–Trinajstić information content (AvgIpc) is 2.54. The van der Waals surface area contributed by atoms with Crippen LogP contribution in [0.5, 0.6) is 0 Å². The van der Waals surface area contributed by atoms with Crippen molar-refractivity contribution in [3.63, 3.8) is 0 Å². The van der Waals surface area contributed by atoms with Gasteiger partial charge in [0.15, 0.2) is 0 Å². The van der Waals surface area contributed by atoms with Crippen molar-refractivity contribution in [1.29, 1.82) is 0 Å². The molecule has 0 fully saturated rings. The van der Waals surface area contributed by atoms with E-state index in [4.69, 9.17) is 5.73 Å². The fourth-order valence-electron chi connectivity index (χ4n) is 1.04. The van der Waals surface area contributed by atoms with Crippen molar-refractivity contribution in [2.24, 2.45) is 5.73 Å². The third-order valence-corrected chi connectivity index (χ3v) is 2.37. The van der Waals surface area contributed by atoms with Crippen molar-refractivity contribution in [2.45, 2.75) is 12.2 Å². The second kappa shape index (κ2) is 4.63. The summed E-state index contributed by atoms with van der Waals surface area (Å²) in [5.74, 6) is -0.822. The van der Waals surface area contributed by atoms with E-state index in [1.54, 1.807) is 16.8 Å². The SMILES string of the molecule is NC(=O)C(NCC(F)(F)F)c1ccsc1. The summed E-state index contributed by atoms with van der Waals surface area (Å²) >= 11 is 1.29. The summed E-state index contributed by atoms with van der Waals surface area (Å²) in [6.45, 7) is -1.24. The highest BCUT2D eigenvalue weighted by Crippen LogP contribution is 2.19. The van der Waals surface area contributed by atoms with Crippen molar-refractivity contribution in [3.8, 4) is 0 Å². The van der Waals surface area contributed by atoms with Gasteiger partial charge in [-0.05, 0) is 22.4 Å². The summed E-state index contributed by atoms with van der Waals surface area (Å²) in [6, 6.07) is 0.474. The molecule has 0 aliphatic heterocycles. The van der Waals surface area contributed by atoms with Crippen LogP contribution in [0.4, 0.5) is 13.2 Å². The molecule has 0 radical (unpaired) electrons. The van der Waals surface area contributed by atoms with Crippen molar-refractivity contribution in [3.05, 3.63) is 22.4 Å². The van der Waals surface area contributed by atoms with E-state index in [0.29, 0.717) is 5.56 Å². The van der Waals surface area contributed by atoms with Crippen LogP contribution in [0.25, 0.3) is 0 Å². The van der Waals surface area contributed by atoms with E-state index in [1.807, 2.05) is 0 Å². The molecular weight excluding hydrogens is 229 g/mol. The van der Waals surface area contributed by atoms with Gasteiger partial charge >= 0.3 is 6.18 Å². The number of primary amides is 1. The Hall–Kier alpha value is -1.08. The van der Waals surface area contributed by atoms with E-state index in [-0.39, 0.29) is 0 Å². The predicted octanol–water partition coefficient (Wildman–Crippen LogP) is 1.43. The largest absolute Gasteiger partial charge is 0.401 e. The van der Waals surface area contributed by atoms with Crippen LogP contribution in [0.15, 0.2) is 16.8 Å². The molecule has 0 bridgehead atoms. The minimum atomic E-state index is -4.36. The molecule has 1 aromatic heterocycles. The standard InChI is InChI=1S/C8H9F3N2OS/c9-8(10,11)4-13-6(7(12)14)5-1-2-15-3-5/h1-3,6,13H,4H2,(H2,12,14). The molecular formula is C8H9F3N2OS. The quantitative estimate of drug-likeness (QED) is 0.833. The second-order valence-corrected chi connectivity index (χ2v) is 3.67. The van der Waals surface area contributed by atoms with Gasteiger partial charge in [-0.3, -0.25) is 10.1 Å². The Morgan fingerprint density at radius 1 is 1.60 bits per heavy atom. The van der Waals surface area contributed by atoms with Crippen molar-refractivity contribution in [1.82, 2.24) is 5.32 Å². The lowest BCUT2D eigenvalue weighted by atomic mass is 10.1. The second-order valence-electron chi connectivity index (χ2n) is 2.89. The van der Waals surface area contributed by atoms with Gasteiger partial charge in [0.05, 0.1) is 6.54 Å². The number of thiophene rings is 1. The predicted molar refractivity (Wildman–Crippen MR) is 50.3 cm³/mol. The Bertz CT molecular complexity index is 323. The van der Waals surface area contributed by atoms with Gasteiger partial charge in [0.1, 0.15) is 6.04 Å². The lowest BCUT2D eigenvalue weighted by Gasteiger charge is -2.15. The van der Waals surface area contributed by atoms with Crippen LogP contribution in [0, 0.1) is 0 Å². The first-order chi connectivity index (χ1) is 6.90. The summed E-state index contributed by atoms with van der Waals surface area (Å²) < 4.78 is 35.7. The lowest BCUT2D eigenvalue weighted by Crippen LogP contribution is -2.38. The topological polar surface area (TPSA) is 55.1 Å². The van der Waals surface area contributed by atoms with E-state index < -0.39 is 24.7 Å². The number of hydrogen-bond donors (Lipinski definition) is 2. The highest BCUT2D eigenvalue weighted by molar-refractivity contribution is 7.08. The van der Waals surface area contributed by atoms with Crippen molar-refractivity contribution >= 4 is 17.2 Å². The molecule has 0 spiro atoms. The van der Waals surface area contributed by atoms with Crippen LogP contribution < -0.4 is 11.1 Å². The summed E-state index contributed by atoms with van der Waals surface area (Å²) in [7, 11) is 0. The molecule has 1 atom stereocenters. The molecule has 0 aromatic carbocycles. The molecule has 0 aliphatic rings. The normalized spacial score (nSPS) is 13.8. The number of amides is 1. The number of halogens is 3. The van der Waals surface area contributed by atoms with Crippen LogP contribution in [0.3, 0.4) is 0 Å². The number of alkyl halides is 3. The molecule has 1 aromatic rings. The fraction of sp³-hybridized carbons (Fsp3) is 0.375. The number of nitrogens with one attached hydrogen (secondary N) is 1. The molecule has 7 heteroatoms. The van der Waals surface area contributed by atoms with Crippen LogP contribution in [0.1, 0.15) is 11.6 Å². The molecule has 3 N–H and O–H groups in total. The first kappa shape index (κ1) is 12.0. The minimum Gasteiger partial charge on any atom is -0.368 e. The zero-order valence-electron chi connectivity index (χ0n) is 7.54. The van der Waals surface area contributed by atoms with E-state index >= 15 is 0 Å². The minimum absolute atomic E-state index is 0.455. The molecule has 0 saturated carbocycles. The smallest absolute Gasteiger partial charge is 0.368 e. The summed E-state index contributed by atoms with van der Waals surface area (Å²) in [6.07, 6.45) is -4.36. The van der Waals surface area contributed by atoms with E-state index in [2.05, 4.69) is 5.32 Å². The molecule has 0 saturated heterocycles. The molecule has 3 nitrogen and oxygen atoms in total. The third-order valence-electron chi connectivity index (χ3n) is 1.67. The zero-order valence-corrected chi connectivity index (χ0v) is 8.36. The van der Waals surface area contributed by atoms with E-state index in [1.165, 1.54) is 11.3 Å². The van der Waals surface area contributed by atoms with Crippen molar-refractivity contribution in [2.75, 3.05) is 6.54 Å². The summed E-state index contributed by atoms with van der Waals surface area (Å²) in [4.78, 5) is 10.9. The van der Waals surface area contributed by atoms with Gasteiger partial charge in [0.25, 0.3) is 0 Å². The maximum atomic E-state index is 11.9. The van der Waals surface area contributed by atoms with Crippen LogP contribution in [-0.4, -0.2) is 18.6 Å². The Balaban J connectivity index is 2.65. The zero-order chi connectivity index (χ0) is 11.5. The fourth-order valence-corrected chi connectivity index (χ4v) is 1.73. The molecule has 1 amide bonds. The molecule has 15 heavy (non-hydrogen) atoms. The Kier molecular flexibility index (Phi) is 3.70. The number of nitrogens with two attached hydrogens (primary N) is 1. The Labute approximate surface area is 88.1 Å². The average molecular weight is 238 g/mol. The molecule has 84 valence electrons. The van der Waals surface area contributed by atoms with Gasteiger partial charge in [-0.15, -0.1) is 0 Å². The highest BCUT2D eigenvalue weighted by Gasteiger charge is 2.30. The van der Waals surface area contributed by atoms with Gasteiger partial charge < -0.3 is 5.73 Å². The number of rotatable bonds is 4. The number of hydrogen-bond acceptors (Lipinski definition) is 3.